The zero-order valence-electron chi connectivity index (χ0n) is 20.9. The maximum absolute atomic E-state index is 12.6. The molecular weight excluding hydrogens is 492 g/mol. The Morgan fingerprint density at radius 1 is 0.919 bits per heavy atom. The first-order valence-electron chi connectivity index (χ1n) is 12.8. The van der Waals surface area contributed by atoms with Gasteiger partial charge in [-0.25, -0.2) is 0 Å². The molecule has 3 aliphatic rings. The van der Waals surface area contributed by atoms with Gasteiger partial charge in [-0.3, -0.25) is 4.79 Å². The SMILES string of the molecule is NCC[C@H](O)C(=O)N[C@@H]1C[C@H](N)C(O[C@H]2O[C@H](CN)CCC2N)C(O)[C@H]1O[C@H]1OC(CO)C[C@H](N)C1O. The molecule has 5 unspecified atom stereocenters. The predicted molar refractivity (Wildman–Crippen MR) is 129 cm³/mol. The largest absolute Gasteiger partial charge is 0.394 e. The van der Waals surface area contributed by atoms with Gasteiger partial charge in [0.25, 0.3) is 0 Å². The summed E-state index contributed by atoms with van der Waals surface area (Å²) in [6.07, 6.45) is -7.88. The van der Waals surface area contributed by atoms with Crippen molar-refractivity contribution >= 4 is 5.91 Å². The van der Waals surface area contributed by atoms with Gasteiger partial charge < -0.3 is 73.4 Å². The molecule has 2 heterocycles. The summed E-state index contributed by atoms with van der Waals surface area (Å²) in [5, 5.41) is 44.2. The van der Waals surface area contributed by atoms with Gasteiger partial charge in [0, 0.05) is 18.6 Å². The molecule has 0 aromatic heterocycles. The molecule has 15 nitrogen and oxygen atoms in total. The van der Waals surface area contributed by atoms with Crippen molar-refractivity contribution in [2.24, 2.45) is 28.7 Å². The predicted octanol–water partition coefficient (Wildman–Crippen LogP) is -5.37. The molecule has 13 atom stereocenters. The van der Waals surface area contributed by atoms with Crippen molar-refractivity contribution < 1.29 is 44.2 Å². The number of amides is 1. The van der Waals surface area contributed by atoms with Crippen LogP contribution in [0.1, 0.15) is 32.1 Å². The lowest BCUT2D eigenvalue weighted by Crippen LogP contribution is -2.68. The third-order valence-corrected chi connectivity index (χ3v) is 7.21. The monoisotopic (exact) mass is 536 g/mol. The number of aliphatic hydroxyl groups excluding tert-OH is 4. The number of carbonyl (C=O) groups is 1. The minimum Gasteiger partial charge on any atom is -0.394 e. The van der Waals surface area contributed by atoms with E-state index in [-0.39, 0.29) is 45.1 Å². The van der Waals surface area contributed by atoms with Crippen LogP contribution in [0, 0.1) is 0 Å². The molecule has 0 aromatic carbocycles. The first kappa shape index (κ1) is 30.5. The molecule has 3 fully saturated rings. The van der Waals surface area contributed by atoms with Gasteiger partial charge in [0.1, 0.15) is 30.5 Å². The molecule has 0 radical (unpaired) electrons. The Kier molecular flexibility index (Phi) is 11.4. The Morgan fingerprint density at radius 2 is 1.59 bits per heavy atom. The molecule has 2 aliphatic heterocycles. The normalized spacial score (nSPS) is 43.8. The quantitative estimate of drug-likeness (QED) is 0.125. The number of carbonyl (C=O) groups excluding carboxylic acids is 1. The van der Waals surface area contributed by atoms with E-state index in [1.165, 1.54) is 0 Å². The van der Waals surface area contributed by atoms with Gasteiger partial charge in [-0.05, 0) is 38.6 Å². The van der Waals surface area contributed by atoms with Gasteiger partial charge in [0.05, 0.1) is 30.9 Å². The van der Waals surface area contributed by atoms with Crippen LogP contribution < -0.4 is 34.0 Å². The number of nitrogens with two attached hydrogens (primary N) is 5. The number of hydrogen-bond donors (Lipinski definition) is 10. The van der Waals surface area contributed by atoms with Gasteiger partial charge in [-0.2, -0.15) is 0 Å². The Labute approximate surface area is 215 Å². The number of aliphatic hydroxyl groups is 4. The highest BCUT2D eigenvalue weighted by molar-refractivity contribution is 5.80. The summed E-state index contributed by atoms with van der Waals surface area (Å²) in [6.45, 7) is 0.0139. The average Bonchev–Trinajstić information content (AvgIpc) is 2.87. The van der Waals surface area contributed by atoms with Crippen LogP contribution in [-0.2, 0) is 23.7 Å². The summed E-state index contributed by atoms with van der Waals surface area (Å²) < 4.78 is 23.5. The van der Waals surface area contributed by atoms with Crippen molar-refractivity contribution in [2.75, 3.05) is 19.7 Å². The van der Waals surface area contributed by atoms with Crippen LogP contribution in [0.5, 0.6) is 0 Å². The van der Waals surface area contributed by atoms with Crippen molar-refractivity contribution in [2.45, 2.75) is 112 Å². The van der Waals surface area contributed by atoms with E-state index in [1.807, 2.05) is 0 Å². The zero-order chi connectivity index (χ0) is 27.3. The molecular formula is C22H44N6O9. The summed E-state index contributed by atoms with van der Waals surface area (Å²) >= 11 is 0. The van der Waals surface area contributed by atoms with E-state index in [4.69, 9.17) is 47.6 Å². The van der Waals surface area contributed by atoms with E-state index in [0.717, 1.165) is 0 Å². The van der Waals surface area contributed by atoms with Gasteiger partial charge in [-0.1, -0.05) is 0 Å². The molecule has 37 heavy (non-hydrogen) atoms. The molecule has 15 heteroatoms. The zero-order valence-corrected chi connectivity index (χ0v) is 20.9. The van der Waals surface area contributed by atoms with E-state index in [9.17, 15) is 25.2 Å². The lowest BCUT2D eigenvalue weighted by Gasteiger charge is -2.48. The number of nitrogens with one attached hydrogen (secondary N) is 1. The van der Waals surface area contributed by atoms with Crippen LogP contribution in [-0.4, -0.2) is 126 Å². The van der Waals surface area contributed by atoms with Crippen molar-refractivity contribution in [1.29, 1.82) is 0 Å². The maximum Gasteiger partial charge on any atom is 0.249 e. The van der Waals surface area contributed by atoms with Gasteiger partial charge in [-0.15, -0.1) is 0 Å². The smallest absolute Gasteiger partial charge is 0.249 e. The molecule has 2 saturated heterocycles. The third kappa shape index (κ3) is 7.54. The van der Waals surface area contributed by atoms with Gasteiger partial charge >= 0.3 is 0 Å². The second-order valence-electron chi connectivity index (χ2n) is 10.1. The fourth-order valence-electron chi connectivity index (χ4n) is 5.00. The molecule has 0 spiro atoms. The van der Waals surface area contributed by atoms with Crippen LogP contribution in [0.4, 0.5) is 0 Å². The maximum atomic E-state index is 12.6. The highest BCUT2D eigenvalue weighted by Gasteiger charge is 2.49. The fraction of sp³-hybridized carbons (Fsp3) is 0.955. The van der Waals surface area contributed by atoms with Gasteiger partial charge in [0.15, 0.2) is 12.6 Å². The van der Waals surface area contributed by atoms with Crippen molar-refractivity contribution in [3.63, 3.8) is 0 Å². The first-order valence-corrected chi connectivity index (χ1v) is 12.8. The summed E-state index contributed by atoms with van der Waals surface area (Å²) in [7, 11) is 0. The second-order valence-corrected chi connectivity index (χ2v) is 10.1. The summed E-state index contributed by atoms with van der Waals surface area (Å²) in [5.41, 5.74) is 29.7. The molecule has 0 aromatic rings. The van der Waals surface area contributed by atoms with E-state index in [2.05, 4.69) is 5.32 Å². The summed E-state index contributed by atoms with van der Waals surface area (Å²) in [5.74, 6) is -0.721. The summed E-state index contributed by atoms with van der Waals surface area (Å²) in [6, 6.07) is -2.92. The van der Waals surface area contributed by atoms with Crippen molar-refractivity contribution in [1.82, 2.24) is 5.32 Å². The molecule has 1 amide bonds. The Morgan fingerprint density at radius 3 is 2.24 bits per heavy atom. The van der Waals surface area contributed by atoms with Crippen LogP contribution in [0.3, 0.4) is 0 Å². The molecule has 0 bridgehead atoms. The Hall–Kier alpha value is -1.05. The van der Waals surface area contributed by atoms with Crippen LogP contribution in [0.2, 0.25) is 0 Å². The fourth-order valence-corrected chi connectivity index (χ4v) is 5.00. The molecule has 1 aliphatic carbocycles. The lowest BCUT2D eigenvalue weighted by molar-refractivity contribution is -0.301. The van der Waals surface area contributed by atoms with Crippen LogP contribution >= 0.6 is 0 Å². The van der Waals surface area contributed by atoms with E-state index in [1.54, 1.807) is 0 Å². The molecule has 1 saturated carbocycles. The highest BCUT2D eigenvalue weighted by atomic mass is 16.7. The number of rotatable bonds is 10. The minimum absolute atomic E-state index is 0.0289. The lowest BCUT2D eigenvalue weighted by atomic mass is 9.83. The topological polar surface area (TPSA) is 277 Å². The number of hydrogen-bond acceptors (Lipinski definition) is 14. The summed E-state index contributed by atoms with van der Waals surface area (Å²) in [4.78, 5) is 12.6. The van der Waals surface area contributed by atoms with Crippen LogP contribution in [0.15, 0.2) is 0 Å². The third-order valence-electron chi connectivity index (χ3n) is 7.21. The van der Waals surface area contributed by atoms with Crippen molar-refractivity contribution in [3.05, 3.63) is 0 Å². The average molecular weight is 537 g/mol. The van der Waals surface area contributed by atoms with E-state index in [0.29, 0.717) is 12.8 Å². The van der Waals surface area contributed by atoms with Gasteiger partial charge in [0.2, 0.25) is 5.91 Å². The molecule has 216 valence electrons. The van der Waals surface area contributed by atoms with E-state index >= 15 is 0 Å². The van der Waals surface area contributed by atoms with Crippen molar-refractivity contribution in [3.8, 4) is 0 Å². The Balaban J connectivity index is 1.80. The van der Waals surface area contributed by atoms with Crippen LogP contribution in [0.25, 0.3) is 0 Å². The Bertz CT molecular complexity index is 726. The first-order chi connectivity index (χ1) is 17.6. The minimum atomic E-state index is -1.43. The number of ether oxygens (including phenoxy) is 4. The van der Waals surface area contributed by atoms with E-state index < -0.39 is 79.3 Å². The molecule has 15 N–H and O–H groups in total. The standard InChI is InChI=1S/C22H44N6O9/c23-4-3-15(30)20(33)28-14-6-13(27)18(36-21-11(25)2-1-9(7-24)34-21)17(32)19(14)37-22-16(31)12(26)5-10(8-29)35-22/h9-19,21-22,29-32H,1-8,23-27H2,(H,28,33)/t9-,10?,11?,12-,13-,14+,15-,16?,17?,18?,19-,21+,22+/m0/s1. The molecule has 3 rings (SSSR count). The second kappa shape index (κ2) is 13.8. The highest BCUT2D eigenvalue weighted by Crippen LogP contribution is 2.31.